The third kappa shape index (κ3) is 5.59. The number of fused-ring (bicyclic) bond motifs is 1. The normalized spacial score (nSPS) is 16.2. The molecule has 0 unspecified atom stereocenters. The molecule has 1 aliphatic carbocycles. The van der Waals surface area contributed by atoms with Gasteiger partial charge in [-0.25, -0.2) is 0 Å². The predicted octanol–water partition coefficient (Wildman–Crippen LogP) is 3.67. The molecule has 2 aromatic rings. The van der Waals surface area contributed by atoms with Crippen LogP contribution in [0.4, 0.5) is 5.69 Å². The van der Waals surface area contributed by atoms with E-state index in [4.69, 9.17) is 9.47 Å². The van der Waals surface area contributed by atoms with Crippen LogP contribution in [0.3, 0.4) is 0 Å². The van der Waals surface area contributed by atoms with Gasteiger partial charge >= 0.3 is 0 Å². The highest BCUT2D eigenvalue weighted by Crippen LogP contribution is 2.34. The molecule has 1 aliphatic heterocycles. The summed E-state index contributed by atoms with van der Waals surface area (Å²) < 4.78 is 11.5. The van der Waals surface area contributed by atoms with Gasteiger partial charge in [-0.1, -0.05) is 32.0 Å². The van der Waals surface area contributed by atoms with Crippen molar-refractivity contribution in [3.8, 4) is 11.5 Å². The monoisotopic (exact) mass is 437 g/mol. The van der Waals surface area contributed by atoms with Crippen molar-refractivity contribution in [2.24, 2.45) is 5.92 Å². The minimum atomic E-state index is -0.198. The van der Waals surface area contributed by atoms with Crippen LogP contribution in [0.5, 0.6) is 11.5 Å². The van der Waals surface area contributed by atoms with Crippen LogP contribution in [0, 0.1) is 5.92 Å². The standard InChI is InChI=1S/C25H31N3O4/c1-16(2)24(17-8-11-21-22(14-17)32-13-5-12-31-21)26-15-23(29)28-20-7-4-3-6-19(20)25(30)27-18-9-10-18/h3-4,6-8,11,14,16,18,24,26H,5,9-10,12-13,15H2,1-2H3,(H,27,30)(H,28,29)/t24-/m1/s1. The molecule has 0 saturated heterocycles. The number of anilines is 1. The summed E-state index contributed by atoms with van der Waals surface area (Å²) in [5, 5.41) is 9.21. The molecular weight excluding hydrogens is 406 g/mol. The number of para-hydroxylation sites is 1. The zero-order valence-corrected chi connectivity index (χ0v) is 18.6. The summed E-state index contributed by atoms with van der Waals surface area (Å²) >= 11 is 0. The first kappa shape index (κ1) is 22.1. The van der Waals surface area contributed by atoms with Crippen molar-refractivity contribution in [1.82, 2.24) is 10.6 Å². The van der Waals surface area contributed by atoms with E-state index >= 15 is 0 Å². The predicted molar refractivity (Wildman–Crippen MR) is 123 cm³/mol. The van der Waals surface area contributed by atoms with Crippen molar-refractivity contribution in [3.63, 3.8) is 0 Å². The Morgan fingerprint density at radius 2 is 1.78 bits per heavy atom. The molecule has 32 heavy (non-hydrogen) atoms. The Morgan fingerprint density at radius 3 is 2.53 bits per heavy atom. The first-order valence-corrected chi connectivity index (χ1v) is 11.3. The zero-order chi connectivity index (χ0) is 22.5. The number of rotatable bonds is 8. The molecule has 3 N–H and O–H groups in total. The lowest BCUT2D eigenvalue weighted by Crippen LogP contribution is -2.34. The van der Waals surface area contributed by atoms with Crippen LogP contribution in [-0.2, 0) is 4.79 Å². The van der Waals surface area contributed by atoms with Gasteiger partial charge in [-0.15, -0.1) is 0 Å². The third-order valence-corrected chi connectivity index (χ3v) is 5.64. The molecular formula is C25H31N3O4. The number of ether oxygens (including phenoxy) is 2. The summed E-state index contributed by atoms with van der Waals surface area (Å²) in [6.45, 7) is 5.62. The second-order valence-corrected chi connectivity index (χ2v) is 8.70. The lowest BCUT2D eigenvalue weighted by atomic mass is 9.95. The lowest BCUT2D eigenvalue weighted by Gasteiger charge is -2.24. The quantitative estimate of drug-likeness (QED) is 0.587. The van der Waals surface area contributed by atoms with E-state index in [-0.39, 0.29) is 36.4 Å². The molecule has 1 saturated carbocycles. The number of hydrogen-bond donors (Lipinski definition) is 3. The van der Waals surface area contributed by atoms with E-state index < -0.39 is 0 Å². The second-order valence-electron chi connectivity index (χ2n) is 8.70. The van der Waals surface area contributed by atoms with E-state index in [1.54, 1.807) is 18.2 Å². The van der Waals surface area contributed by atoms with Crippen molar-refractivity contribution in [2.45, 2.75) is 45.2 Å². The van der Waals surface area contributed by atoms with Gasteiger partial charge in [0, 0.05) is 18.5 Å². The maximum Gasteiger partial charge on any atom is 0.253 e. The zero-order valence-electron chi connectivity index (χ0n) is 18.6. The average Bonchev–Trinajstić information content (AvgIpc) is 3.60. The van der Waals surface area contributed by atoms with E-state index in [1.165, 1.54) is 0 Å². The Balaban J connectivity index is 1.40. The highest BCUT2D eigenvalue weighted by Gasteiger charge is 2.25. The minimum absolute atomic E-state index is 0.0358. The van der Waals surface area contributed by atoms with Gasteiger partial charge < -0.3 is 25.4 Å². The molecule has 1 heterocycles. The topological polar surface area (TPSA) is 88.7 Å². The maximum absolute atomic E-state index is 12.7. The molecule has 0 radical (unpaired) electrons. The van der Waals surface area contributed by atoms with E-state index in [1.807, 2.05) is 24.3 Å². The Hall–Kier alpha value is -3.06. The highest BCUT2D eigenvalue weighted by molar-refractivity contribution is 6.04. The van der Waals surface area contributed by atoms with Crippen LogP contribution in [0.15, 0.2) is 42.5 Å². The molecule has 1 atom stereocenters. The summed E-state index contributed by atoms with van der Waals surface area (Å²) in [5.74, 6) is 1.41. The van der Waals surface area contributed by atoms with Gasteiger partial charge in [0.2, 0.25) is 5.91 Å². The number of nitrogens with one attached hydrogen (secondary N) is 3. The largest absolute Gasteiger partial charge is 0.490 e. The van der Waals surface area contributed by atoms with Crippen molar-refractivity contribution in [2.75, 3.05) is 25.1 Å². The van der Waals surface area contributed by atoms with Crippen LogP contribution in [0.25, 0.3) is 0 Å². The van der Waals surface area contributed by atoms with Crippen LogP contribution in [0.1, 0.15) is 55.1 Å². The summed E-state index contributed by atoms with van der Waals surface area (Å²) in [6.07, 6.45) is 2.89. The molecule has 7 nitrogen and oxygen atoms in total. The first-order chi connectivity index (χ1) is 15.5. The molecule has 1 fully saturated rings. The second kappa shape index (κ2) is 10.0. The molecule has 4 rings (SSSR count). The number of hydrogen-bond acceptors (Lipinski definition) is 5. The Bertz CT molecular complexity index is 971. The van der Waals surface area contributed by atoms with Gasteiger partial charge in [0.15, 0.2) is 11.5 Å². The van der Waals surface area contributed by atoms with Gasteiger partial charge in [-0.05, 0) is 48.6 Å². The van der Waals surface area contributed by atoms with E-state index in [9.17, 15) is 9.59 Å². The minimum Gasteiger partial charge on any atom is -0.490 e. The van der Waals surface area contributed by atoms with E-state index in [0.29, 0.717) is 24.5 Å². The molecule has 7 heteroatoms. The summed E-state index contributed by atoms with van der Waals surface area (Å²) in [6, 6.07) is 13.3. The molecule has 2 aliphatic rings. The molecule has 2 aromatic carbocycles. The molecule has 170 valence electrons. The Morgan fingerprint density at radius 1 is 1.03 bits per heavy atom. The van der Waals surface area contributed by atoms with Crippen LogP contribution in [-0.4, -0.2) is 37.6 Å². The van der Waals surface area contributed by atoms with Crippen molar-refractivity contribution in [1.29, 1.82) is 0 Å². The Labute approximate surface area is 188 Å². The lowest BCUT2D eigenvalue weighted by molar-refractivity contribution is -0.115. The maximum atomic E-state index is 12.7. The van der Waals surface area contributed by atoms with Crippen LogP contribution in [0.2, 0.25) is 0 Å². The first-order valence-electron chi connectivity index (χ1n) is 11.3. The molecule has 0 bridgehead atoms. The van der Waals surface area contributed by atoms with Gasteiger partial charge in [0.05, 0.1) is 31.0 Å². The van der Waals surface area contributed by atoms with Gasteiger partial charge in [-0.3, -0.25) is 9.59 Å². The molecule has 0 aromatic heterocycles. The smallest absolute Gasteiger partial charge is 0.253 e. The number of carbonyl (C=O) groups is 2. The summed E-state index contributed by atoms with van der Waals surface area (Å²) in [7, 11) is 0. The number of benzene rings is 2. The van der Waals surface area contributed by atoms with Gasteiger partial charge in [-0.2, -0.15) is 0 Å². The fourth-order valence-corrected chi connectivity index (χ4v) is 3.79. The van der Waals surface area contributed by atoms with Crippen molar-refractivity contribution >= 4 is 17.5 Å². The SMILES string of the molecule is CC(C)[C@@H](NCC(=O)Nc1ccccc1C(=O)NC1CC1)c1ccc2c(c1)OCCCO2. The average molecular weight is 438 g/mol. The molecule has 2 amide bonds. The van der Waals surface area contributed by atoms with E-state index in [2.05, 4.69) is 29.8 Å². The summed E-state index contributed by atoms with van der Waals surface area (Å²) in [5.41, 5.74) is 2.05. The highest BCUT2D eigenvalue weighted by atomic mass is 16.5. The third-order valence-electron chi connectivity index (χ3n) is 5.64. The van der Waals surface area contributed by atoms with Crippen molar-refractivity contribution < 1.29 is 19.1 Å². The fraction of sp³-hybridized carbons (Fsp3) is 0.440. The summed E-state index contributed by atoms with van der Waals surface area (Å²) in [4.78, 5) is 25.2. The Kier molecular flexibility index (Phi) is 6.95. The van der Waals surface area contributed by atoms with Crippen LogP contribution < -0.4 is 25.4 Å². The van der Waals surface area contributed by atoms with Gasteiger partial charge in [0.25, 0.3) is 5.91 Å². The number of amides is 2. The van der Waals surface area contributed by atoms with Crippen LogP contribution >= 0.6 is 0 Å². The fourth-order valence-electron chi connectivity index (χ4n) is 3.79. The molecule has 0 spiro atoms. The van der Waals surface area contributed by atoms with Crippen molar-refractivity contribution in [3.05, 3.63) is 53.6 Å². The van der Waals surface area contributed by atoms with Gasteiger partial charge in [0.1, 0.15) is 0 Å². The van der Waals surface area contributed by atoms with E-state index in [0.717, 1.165) is 36.3 Å². The number of carbonyl (C=O) groups excluding carboxylic acids is 2.